The number of nitrogens with one attached hydrogen (secondary N) is 1. The third-order valence-electron chi connectivity index (χ3n) is 3.97. The summed E-state index contributed by atoms with van der Waals surface area (Å²) in [6, 6.07) is 13.0. The second kappa shape index (κ2) is 6.64. The van der Waals surface area contributed by atoms with Gasteiger partial charge in [-0.25, -0.2) is 0 Å². The normalized spacial score (nSPS) is 10.7. The lowest BCUT2D eigenvalue weighted by Crippen LogP contribution is -2.12. The number of benzene rings is 1. The molecule has 0 saturated carbocycles. The molecule has 128 valence electrons. The maximum Gasteiger partial charge on any atom is 0.257 e. The molecule has 7 heteroatoms. The van der Waals surface area contributed by atoms with Gasteiger partial charge in [0.25, 0.3) is 5.91 Å². The minimum Gasteiger partial charge on any atom is -0.497 e. The quantitative estimate of drug-likeness (QED) is 0.615. The van der Waals surface area contributed by atoms with E-state index in [1.54, 1.807) is 54.6 Å². The molecule has 0 aliphatic heterocycles. The SMILES string of the molecule is COc1ccc(-c2cncc(C(=O)Nc3ccc4nncn4c3)c2)cc1. The summed E-state index contributed by atoms with van der Waals surface area (Å²) >= 11 is 0. The summed E-state index contributed by atoms with van der Waals surface area (Å²) in [6.45, 7) is 0. The van der Waals surface area contributed by atoms with Gasteiger partial charge in [-0.05, 0) is 35.9 Å². The molecular formula is C19H15N5O2. The standard InChI is InChI=1S/C19H15N5O2/c1-26-17-5-2-13(3-6-17)14-8-15(10-20-9-14)19(25)22-16-4-7-18-23-21-12-24(18)11-16/h2-12H,1H3,(H,22,25). The summed E-state index contributed by atoms with van der Waals surface area (Å²) < 4.78 is 6.91. The summed E-state index contributed by atoms with van der Waals surface area (Å²) in [5.41, 5.74) is 3.65. The fraction of sp³-hybridized carbons (Fsp3) is 0.0526. The number of ether oxygens (including phenoxy) is 1. The van der Waals surface area contributed by atoms with Gasteiger partial charge in [-0.3, -0.25) is 14.2 Å². The van der Waals surface area contributed by atoms with Crippen LogP contribution in [0, 0.1) is 0 Å². The highest BCUT2D eigenvalue weighted by atomic mass is 16.5. The van der Waals surface area contributed by atoms with E-state index < -0.39 is 0 Å². The number of methoxy groups -OCH3 is 1. The van der Waals surface area contributed by atoms with Crippen LogP contribution < -0.4 is 10.1 Å². The van der Waals surface area contributed by atoms with Crippen LogP contribution in [-0.2, 0) is 0 Å². The second-order valence-corrected chi connectivity index (χ2v) is 5.66. The van der Waals surface area contributed by atoms with Gasteiger partial charge in [0.15, 0.2) is 5.65 Å². The zero-order valence-electron chi connectivity index (χ0n) is 14.0. The zero-order chi connectivity index (χ0) is 17.9. The Bertz CT molecular complexity index is 1070. The maximum atomic E-state index is 12.6. The van der Waals surface area contributed by atoms with Crippen LogP contribution in [0.15, 0.2) is 67.4 Å². The van der Waals surface area contributed by atoms with Crippen LogP contribution in [0.3, 0.4) is 0 Å². The molecule has 4 aromatic rings. The monoisotopic (exact) mass is 345 g/mol. The van der Waals surface area contributed by atoms with Crippen molar-refractivity contribution in [3.63, 3.8) is 0 Å². The number of aromatic nitrogens is 4. The molecule has 0 spiro atoms. The molecular weight excluding hydrogens is 330 g/mol. The molecule has 0 fully saturated rings. The van der Waals surface area contributed by atoms with Crippen molar-refractivity contribution in [2.24, 2.45) is 0 Å². The highest BCUT2D eigenvalue weighted by molar-refractivity contribution is 6.04. The Kier molecular flexibility index (Phi) is 4.03. The van der Waals surface area contributed by atoms with E-state index in [4.69, 9.17) is 4.74 Å². The first-order chi connectivity index (χ1) is 12.7. The molecule has 0 saturated heterocycles. The molecule has 7 nitrogen and oxygen atoms in total. The first-order valence-corrected chi connectivity index (χ1v) is 7.93. The van der Waals surface area contributed by atoms with Crippen LogP contribution in [0.2, 0.25) is 0 Å². The predicted molar refractivity (Wildman–Crippen MR) is 97.2 cm³/mol. The van der Waals surface area contributed by atoms with Crippen LogP contribution in [0.25, 0.3) is 16.8 Å². The molecule has 0 atom stereocenters. The summed E-state index contributed by atoms with van der Waals surface area (Å²) in [6.07, 6.45) is 6.60. The number of rotatable bonds is 4. The van der Waals surface area contributed by atoms with Gasteiger partial charge < -0.3 is 10.1 Å². The van der Waals surface area contributed by atoms with Crippen molar-refractivity contribution < 1.29 is 9.53 Å². The van der Waals surface area contributed by atoms with Crippen LogP contribution in [0.4, 0.5) is 5.69 Å². The Morgan fingerprint density at radius 3 is 2.73 bits per heavy atom. The Hall–Kier alpha value is -3.74. The Morgan fingerprint density at radius 2 is 1.92 bits per heavy atom. The van der Waals surface area contributed by atoms with Crippen LogP contribution in [0.5, 0.6) is 5.75 Å². The number of fused-ring (bicyclic) bond motifs is 1. The smallest absolute Gasteiger partial charge is 0.257 e. The van der Waals surface area contributed by atoms with Crippen LogP contribution in [-0.4, -0.2) is 32.6 Å². The van der Waals surface area contributed by atoms with Gasteiger partial charge in [-0.2, -0.15) is 0 Å². The summed E-state index contributed by atoms with van der Waals surface area (Å²) in [5, 5.41) is 10.6. The lowest BCUT2D eigenvalue weighted by atomic mass is 10.1. The highest BCUT2D eigenvalue weighted by Crippen LogP contribution is 2.22. The molecule has 0 aliphatic carbocycles. The molecule has 3 heterocycles. The second-order valence-electron chi connectivity index (χ2n) is 5.66. The lowest BCUT2D eigenvalue weighted by molar-refractivity contribution is 0.102. The van der Waals surface area contributed by atoms with E-state index in [2.05, 4.69) is 20.5 Å². The van der Waals surface area contributed by atoms with Crippen LogP contribution in [0.1, 0.15) is 10.4 Å². The molecule has 1 amide bonds. The summed E-state index contributed by atoms with van der Waals surface area (Å²) in [5.74, 6) is 0.542. The molecule has 4 rings (SSSR count). The van der Waals surface area contributed by atoms with Crippen molar-refractivity contribution in [2.75, 3.05) is 12.4 Å². The van der Waals surface area contributed by atoms with E-state index >= 15 is 0 Å². The van der Waals surface area contributed by atoms with Gasteiger partial charge >= 0.3 is 0 Å². The van der Waals surface area contributed by atoms with Crippen molar-refractivity contribution in [1.29, 1.82) is 0 Å². The first-order valence-electron chi connectivity index (χ1n) is 7.93. The summed E-state index contributed by atoms with van der Waals surface area (Å²) in [7, 11) is 1.62. The average Bonchev–Trinajstić information content (AvgIpc) is 3.16. The predicted octanol–water partition coefficient (Wildman–Crippen LogP) is 3.05. The minimum atomic E-state index is -0.236. The number of carbonyl (C=O) groups is 1. The topological polar surface area (TPSA) is 81.4 Å². The fourth-order valence-electron chi connectivity index (χ4n) is 2.61. The molecule has 3 aromatic heterocycles. The zero-order valence-corrected chi connectivity index (χ0v) is 14.0. The Balaban J connectivity index is 1.57. The largest absolute Gasteiger partial charge is 0.497 e. The lowest BCUT2D eigenvalue weighted by Gasteiger charge is -2.08. The molecule has 1 N–H and O–H groups in total. The van der Waals surface area contributed by atoms with Gasteiger partial charge in [0.2, 0.25) is 0 Å². The van der Waals surface area contributed by atoms with E-state index in [1.807, 2.05) is 24.3 Å². The number of amides is 1. The van der Waals surface area contributed by atoms with Crippen molar-refractivity contribution in [3.8, 4) is 16.9 Å². The van der Waals surface area contributed by atoms with Crippen LogP contribution >= 0.6 is 0 Å². The Labute approximate surface area is 149 Å². The molecule has 26 heavy (non-hydrogen) atoms. The average molecular weight is 345 g/mol. The Morgan fingerprint density at radius 1 is 1.08 bits per heavy atom. The van der Waals surface area contributed by atoms with Crippen molar-refractivity contribution >= 4 is 17.2 Å². The maximum absolute atomic E-state index is 12.6. The third kappa shape index (κ3) is 3.10. The van der Waals surface area contributed by atoms with Gasteiger partial charge in [-0.15, -0.1) is 10.2 Å². The number of carbonyl (C=O) groups excluding carboxylic acids is 1. The highest BCUT2D eigenvalue weighted by Gasteiger charge is 2.09. The minimum absolute atomic E-state index is 0.236. The number of nitrogens with zero attached hydrogens (tertiary/aromatic N) is 4. The molecule has 1 aromatic carbocycles. The summed E-state index contributed by atoms with van der Waals surface area (Å²) in [4.78, 5) is 16.8. The number of hydrogen-bond acceptors (Lipinski definition) is 5. The van der Waals surface area contributed by atoms with E-state index in [9.17, 15) is 4.79 Å². The van der Waals surface area contributed by atoms with Gasteiger partial charge in [0.05, 0.1) is 18.4 Å². The number of hydrogen-bond donors (Lipinski definition) is 1. The third-order valence-corrected chi connectivity index (χ3v) is 3.97. The van der Waals surface area contributed by atoms with Crippen molar-refractivity contribution in [2.45, 2.75) is 0 Å². The molecule has 0 aliphatic rings. The van der Waals surface area contributed by atoms with E-state index in [-0.39, 0.29) is 5.91 Å². The van der Waals surface area contributed by atoms with Crippen molar-refractivity contribution in [1.82, 2.24) is 19.6 Å². The van der Waals surface area contributed by atoms with Gasteiger partial charge in [0.1, 0.15) is 12.1 Å². The van der Waals surface area contributed by atoms with Gasteiger partial charge in [-0.1, -0.05) is 12.1 Å². The molecule has 0 unspecified atom stereocenters. The van der Waals surface area contributed by atoms with Crippen molar-refractivity contribution in [3.05, 3.63) is 72.9 Å². The van der Waals surface area contributed by atoms with E-state index in [0.717, 1.165) is 16.9 Å². The fourth-order valence-corrected chi connectivity index (χ4v) is 2.61. The van der Waals surface area contributed by atoms with E-state index in [1.165, 1.54) is 0 Å². The number of pyridine rings is 2. The number of anilines is 1. The van der Waals surface area contributed by atoms with Gasteiger partial charge in [0, 0.05) is 24.2 Å². The molecule has 0 bridgehead atoms. The molecule has 0 radical (unpaired) electrons. The first kappa shape index (κ1) is 15.8. The van der Waals surface area contributed by atoms with E-state index in [0.29, 0.717) is 16.9 Å².